The van der Waals surface area contributed by atoms with Crippen molar-refractivity contribution < 1.29 is 8.78 Å². The van der Waals surface area contributed by atoms with E-state index in [4.69, 9.17) is 0 Å². The maximum Gasteiger partial charge on any atom is 0.159 e. The second kappa shape index (κ2) is 5.21. The van der Waals surface area contributed by atoms with Gasteiger partial charge in [-0.3, -0.25) is 0 Å². The largest absolute Gasteiger partial charge is 0.304 e. The Bertz CT molecular complexity index is 323. The molecule has 0 bridgehead atoms. The SMILES string of the molecule is CC(C)N(C)CCc1ccc(F)c(F)c1. The smallest absolute Gasteiger partial charge is 0.159 e. The van der Waals surface area contributed by atoms with Crippen LogP contribution in [0.2, 0.25) is 0 Å². The van der Waals surface area contributed by atoms with Crippen LogP contribution in [0.1, 0.15) is 19.4 Å². The van der Waals surface area contributed by atoms with E-state index in [1.807, 2.05) is 7.05 Å². The molecule has 0 amide bonds. The molecule has 0 N–H and O–H groups in total. The van der Waals surface area contributed by atoms with E-state index in [0.717, 1.165) is 18.5 Å². The van der Waals surface area contributed by atoms with Crippen molar-refractivity contribution in [2.24, 2.45) is 0 Å². The lowest BCUT2D eigenvalue weighted by Gasteiger charge is -2.20. The fourth-order valence-electron chi connectivity index (χ4n) is 1.26. The number of nitrogens with zero attached hydrogens (tertiary/aromatic N) is 1. The summed E-state index contributed by atoms with van der Waals surface area (Å²) in [5, 5.41) is 0. The molecule has 0 saturated carbocycles. The average molecular weight is 213 g/mol. The number of rotatable bonds is 4. The van der Waals surface area contributed by atoms with Crippen LogP contribution in [-0.4, -0.2) is 24.5 Å². The fraction of sp³-hybridized carbons (Fsp3) is 0.500. The first-order chi connectivity index (χ1) is 7.00. The summed E-state index contributed by atoms with van der Waals surface area (Å²) in [6, 6.07) is 4.55. The van der Waals surface area contributed by atoms with Crippen LogP contribution >= 0.6 is 0 Å². The highest BCUT2D eigenvalue weighted by molar-refractivity contribution is 5.18. The Kier molecular flexibility index (Phi) is 4.21. The number of hydrogen-bond donors (Lipinski definition) is 0. The minimum absolute atomic E-state index is 0.468. The molecule has 0 unspecified atom stereocenters. The Hall–Kier alpha value is -0.960. The molecule has 0 aliphatic carbocycles. The van der Waals surface area contributed by atoms with Crippen molar-refractivity contribution in [3.8, 4) is 0 Å². The molecule has 0 aromatic heterocycles. The van der Waals surface area contributed by atoms with Gasteiger partial charge in [0.2, 0.25) is 0 Å². The molecule has 0 saturated heterocycles. The highest BCUT2D eigenvalue weighted by atomic mass is 19.2. The number of hydrogen-bond acceptors (Lipinski definition) is 1. The van der Waals surface area contributed by atoms with Crippen molar-refractivity contribution >= 4 is 0 Å². The molecule has 15 heavy (non-hydrogen) atoms. The number of likely N-dealkylation sites (N-methyl/N-ethyl adjacent to an activating group) is 1. The monoisotopic (exact) mass is 213 g/mol. The quantitative estimate of drug-likeness (QED) is 0.743. The third kappa shape index (κ3) is 3.59. The van der Waals surface area contributed by atoms with Gasteiger partial charge in [-0.25, -0.2) is 8.78 Å². The van der Waals surface area contributed by atoms with Crippen molar-refractivity contribution in [2.75, 3.05) is 13.6 Å². The molecule has 0 heterocycles. The van der Waals surface area contributed by atoms with Crippen LogP contribution in [0.4, 0.5) is 8.78 Å². The molecule has 0 spiro atoms. The van der Waals surface area contributed by atoms with E-state index < -0.39 is 11.6 Å². The topological polar surface area (TPSA) is 3.24 Å². The van der Waals surface area contributed by atoms with Crippen LogP contribution in [0.3, 0.4) is 0 Å². The van der Waals surface area contributed by atoms with E-state index in [9.17, 15) is 8.78 Å². The van der Waals surface area contributed by atoms with Gasteiger partial charge in [0.1, 0.15) is 0 Å². The van der Waals surface area contributed by atoms with Crippen molar-refractivity contribution in [1.82, 2.24) is 4.90 Å². The van der Waals surface area contributed by atoms with Crippen molar-refractivity contribution in [3.63, 3.8) is 0 Å². The summed E-state index contributed by atoms with van der Waals surface area (Å²) < 4.78 is 25.5. The molecule has 0 aliphatic heterocycles. The van der Waals surface area contributed by atoms with Gasteiger partial charge < -0.3 is 4.90 Å². The highest BCUT2D eigenvalue weighted by Gasteiger charge is 2.05. The van der Waals surface area contributed by atoms with Gasteiger partial charge in [0, 0.05) is 12.6 Å². The number of benzene rings is 1. The zero-order valence-corrected chi connectivity index (χ0v) is 9.43. The summed E-state index contributed by atoms with van der Waals surface area (Å²) in [7, 11) is 2.02. The van der Waals surface area contributed by atoms with Crippen LogP contribution in [0.15, 0.2) is 18.2 Å². The van der Waals surface area contributed by atoms with Crippen LogP contribution in [0.25, 0.3) is 0 Å². The lowest BCUT2D eigenvalue weighted by molar-refractivity contribution is 0.277. The summed E-state index contributed by atoms with van der Waals surface area (Å²) in [5.41, 5.74) is 0.835. The summed E-state index contributed by atoms with van der Waals surface area (Å²) >= 11 is 0. The Balaban J connectivity index is 2.55. The molecule has 1 aromatic rings. The zero-order chi connectivity index (χ0) is 11.4. The number of halogens is 2. The van der Waals surface area contributed by atoms with E-state index >= 15 is 0 Å². The molecule has 0 atom stereocenters. The second-order valence-corrected chi connectivity index (χ2v) is 4.07. The van der Waals surface area contributed by atoms with Gasteiger partial charge in [0.05, 0.1) is 0 Å². The third-order valence-electron chi connectivity index (χ3n) is 2.62. The van der Waals surface area contributed by atoms with Gasteiger partial charge in [-0.1, -0.05) is 6.07 Å². The zero-order valence-electron chi connectivity index (χ0n) is 9.43. The minimum Gasteiger partial charge on any atom is -0.304 e. The van der Waals surface area contributed by atoms with E-state index in [-0.39, 0.29) is 0 Å². The van der Waals surface area contributed by atoms with Gasteiger partial charge in [0.15, 0.2) is 11.6 Å². The van der Waals surface area contributed by atoms with Gasteiger partial charge in [-0.15, -0.1) is 0 Å². The Morgan fingerprint density at radius 3 is 2.40 bits per heavy atom. The van der Waals surface area contributed by atoms with Gasteiger partial charge >= 0.3 is 0 Å². The van der Waals surface area contributed by atoms with Crippen molar-refractivity contribution in [2.45, 2.75) is 26.3 Å². The molecule has 1 nitrogen and oxygen atoms in total. The first kappa shape index (κ1) is 12.1. The summed E-state index contributed by atoms with van der Waals surface area (Å²) in [6.07, 6.45) is 0.742. The van der Waals surface area contributed by atoms with E-state index in [1.54, 1.807) is 6.07 Å². The molecular weight excluding hydrogens is 196 g/mol. The van der Waals surface area contributed by atoms with E-state index in [1.165, 1.54) is 12.1 Å². The summed E-state index contributed by atoms with van der Waals surface area (Å²) in [5.74, 6) is -1.55. The molecule has 0 fully saturated rings. The average Bonchev–Trinajstić information content (AvgIpc) is 2.19. The van der Waals surface area contributed by atoms with Crippen LogP contribution in [-0.2, 0) is 6.42 Å². The lowest BCUT2D eigenvalue weighted by atomic mass is 10.1. The molecule has 3 heteroatoms. The van der Waals surface area contributed by atoms with Gasteiger partial charge in [0.25, 0.3) is 0 Å². The lowest BCUT2D eigenvalue weighted by Crippen LogP contribution is -2.28. The summed E-state index contributed by atoms with van der Waals surface area (Å²) in [4.78, 5) is 2.17. The van der Waals surface area contributed by atoms with E-state index in [2.05, 4.69) is 18.7 Å². The first-order valence-electron chi connectivity index (χ1n) is 5.15. The maximum atomic E-state index is 12.9. The predicted molar refractivity (Wildman–Crippen MR) is 57.8 cm³/mol. The summed E-state index contributed by atoms with van der Waals surface area (Å²) in [6.45, 7) is 5.05. The van der Waals surface area contributed by atoms with Crippen molar-refractivity contribution in [1.29, 1.82) is 0 Å². The predicted octanol–water partition coefficient (Wildman–Crippen LogP) is 2.85. The fourth-order valence-corrected chi connectivity index (χ4v) is 1.26. The molecule has 0 aliphatic rings. The maximum absolute atomic E-state index is 12.9. The van der Waals surface area contributed by atoms with Gasteiger partial charge in [-0.05, 0) is 45.0 Å². The van der Waals surface area contributed by atoms with Gasteiger partial charge in [-0.2, -0.15) is 0 Å². The Morgan fingerprint density at radius 2 is 1.87 bits per heavy atom. The second-order valence-electron chi connectivity index (χ2n) is 4.07. The van der Waals surface area contributed by atoms with Crippen LogP contribution in [0.5, 0.6) is 0 Å². The standard InChI is InChI=1S/C12H17F2N/c1-9(2)15(3)7-6-10-4-5-11(13)12(14)8-10/h4-5,8-9H,6-7H2,1-3H3. The molecule has 84 valence electrons. The molecule has 1 aromatic carbocycles. The van der Waals surface area contributed by atoms with Crippen LogP contribution < -0.4 is 0 Å². The normalized spacial score (nSPS) is 11.4. The molecule has 1 rings (SSSR count). The highest BCUT2D eigenvalue weighted by Crippen LogP contribution is 2.09. The Labute approximate surface area is 89.7 Å². The first-order valence-corrected chi connectivity index (χ1v) is 5.15. The van der Waals surface area contributed by atoms with Crippen molar-refractivity contribution in [3.05, 3.63) is 35.4 Å². The van der Waals surface area contributed by atoms with Crippen LogP contribution in [0, 0.1) is 11.6 Å². The Morgan fingerprint density at radius 1 is 1.20 bits per heavy atom. The minimum atomic E-state index is -0.782. The van der Waals surface area contributed by atoms with E-state index in [0.29, 0.717) is 6.04 Å². The third-order valence-corrected chi connectivity index (χ3v) is 2.62. The molecular formula is C12H17F2N. The molecule has 0 radical (unpaired) electrons.